The third-order valence-corrected chi connectivity index (χ3v) is 4.30. The molecule has 4 nitrogen and oxygen atoms in total. The molecule has 2 aliphatic carbocycles. The minimum Gasteiger partial charge on any atom is -0.266 e. The van der Waals surface area contributed by atoms with Gasteiger partial charge in [0, 0.05) is 17.0 Å². The molecule has 4 rings (SSSR count). The molecular formula is C17H15N3O. The van der Waals surface area contributed by atoms with Gasteiger partial charge in [-0.25, -0.2) is 10.4 Å². The first-order valence-corrected chi connectivity index (χ1v) is 7.20. The standard InChI is InChI=1S/C17H15N3O/c21-17(20-19-16-10-12-5-3-6-13(12)16)15-9-8-11-4-1-2-7-14(11)18-15/h1-5,7-9,12-13H,6,10H2,(H,20,21)/b19-16+/t12-,13+/m0/s1. The Morgan fingerprint density at radius 3 is 3.05 bits per heavy atom. The number of nitrogens with zero attached hydrogens (tertiary/aromatic N) is 2. The highest BCUT2D eigenvalue weighted by Crippen LogP contribution is 2.40. The molecule has 0 aliphatic heterocycles. The maximum atomic E-state index is 12.1. The van der Waals surface area contributed by atoms with Gasteiger partial charge in [0.15, 0.2) is 0 Å². The van der Waals surface area contributed by atoms with Gasteiger partial charge in [-0.1, -0.05) is 36.4 Å². The minimum atomic E-state index is -0.248. The van der Waals surface area contributed by atoms with Crippen LogP contribution in [0.15, 0.2) is 53.7 Å². The quantitative estimate of drug-likeness (QED) is 0.678. The number of carbonyl (C=O) groups is 1. The third-order valence-electron chi connectivity index (χ3n) is 4.30. The van der Waals surface area contributed by atoms with Crippen molar-refractivity contribution in [1.82, 2.24) is 10.4 Å². The van der Waals surface area contributed by atoms with Crippen LogP contribution in [0.5, 0.6) is 0 Å². The molecule has 2 atom stereocenters. The van der Waals surface area contributed by atoms with E-state index in [4.69, 9.17) is 0 Å². The fraction of sp³-hybridized carbons (Fsp3) is 0.235. The Balaban J connectivity index is 1.50. The number of amides is 1. The molecule has 2 aliphatic rings. The first kappa shape index (κ1) is 12.3. The van der Waals surface area contributed by atoms with Gasteiger partial charge in [-0.3, -0.25) is 4.79 Å². The van der Waals surface area contributed by atoms with Crippen molar-refractivity contribution >= 4 is 22.5 Å². The van der Waals surface area contributed by atoms with E-state index in [-0.39, 0.29) is 5.91 Å². The van der Waals surface area contributed by atoms with E-state index in [0.29, 0.717) is 17.5 Å². The number of benzene rings is 1. The fourth-order valence-electron chi connectivity index (χ4n) is 3.04. The summed E-state index contributed by atoms with van der Waals surface area (Å²) in [5.41, 5.74) is 4.96. The Labute approximate surface area is 122 Å². The summed E-state index contributed by atoms with van der Waals surface area (Å²) in [5.74, 6) is 0.900. The van der Waals surface area contributed by atoms with Gasteiger partial charge in [0.2, 0.25) is 0 Å². The number of hydrogen-bond acceptors (Lipinski definition) is 3. The van der Waals surface area contributed by atoms with E-state index in [2.05, 4.69) is 27.7 Å². The largest absolute Gasteiger partial charge is 0.289 e. The van der Waals surface area contributed by atoms with E-state index in [1.54, 1.807) is 6.07 Å². The molecule has 1 aromatic carbocycles. The highest BCUT2D eigenvalue weighted by atomic mass is 16.2. The van der Waals surface area contributed by atoms with Crippen molar-refractivity contribution in [3.05, 3.63) is 54.2 Å². The topological polar surface area (TPSA) is 54.4 Å². The zero-order chi connectivity index (χ0) is 14.2. The lowest BCUT2D eigenvalue weighted by molar-refractivity contribution is 0.0949. The van der Waals surface area contributed by atoms with E-state index >= 15 is 0 Å². The molecule has 2 aromatic rings. The normalized spacial score (nSPS) is 24.9. The van der Waals surface area contributed by atoms with Crippen LogP contribution in [0.3, 0.4) is 0 Å². The van der Waals surface area contributed by atoms with Crippen molar-refractivity contribution in [2.75, 3.05) is 0 Å². The Kier molecular flexibility index (Phi) is 2.81. The lowest BCUT2D eigenvalue weighted by Gasteiger charge is -2.31. The van der Waals surface area contributed by atoms with Gasteiger partial charge in [-0.05, 0) is 30.9 Å². The summed E-state index contributed by atoms with van der Waals surface area (Å²) in [6.07, 6.45) is 6.46. The zero-order valence-corrected chi connectivity index (χ0v) is 11.5. The molecule has 1 fully saturated rings. The molecule has 104 valence electrons. The van der Waals surface area contributed by atoms with Gasteiger partial charge in [0.25, 0.3) is 5.91 Å². The van der Waals surface area contributed by atoms with Crippen LogP contribution in [0.1, 0.15) is 23.3 Å². The van der Waals surface area contributed by atoms with Crippen LogP contribution in [-0.4, -0.2) is 16.6 Å². The molecule has 21 heavy (non-hydrogen) atoms. The zero-order valence-electron chi connectivity index (χ0n) is 11.5. The molecule has 0 spiro atoms. The maximum Gasteiger partial charge on any atom is 0.289 e. The lowest BCUT2D eigenvalue weighted by Crippen LogP contribution is -2.35. The van der Waals surface area contributed by atoms with Gasteiger partial charge < -0.3 is 0 Å². The van der Waals surface area contributed by atoms with Crippen molar-refractivity contribution in [3.8, 4) is 0 Å². The Bertz CT molecular complexity index is 778. The molecule has 1 N–H and O–H groups in total. The van der Waals surface area contributed by atoms with E-state index in [0.717, 1.165) is 29.5 Å². The number of hydrogen-bond donors (Lipinski definition) is 1. The predicted molar refractivity (Wildman–Crippen MR) is 82.0 cm³/mol. The second kappa shape index (κ2) is 4.81. The molecule has 1 aromatic heterocycles. The maximum absolute atomic E-state index is 12.1. The van der Waals surface area contributed by atoms with E-state index < -0.39 is 0 Å². The molecule has 0 bridgehead atoms. The van der Waals surface area contributed by atoms with E-state index in [1.807, 2.05) is 30.3 Å². The summed E-state index contributed by atoms with van der Waals surface area (Å²) in [5, 5.41) is 5.29. The molecule has 4 heteroatoms. The average molecular weight is 277 g/mol. The van der Waals surface area contributed by atoms with E-state index in [9.17, 15) is 4.79 Å². The number of hydrazone groups is 1. The van der Waals surface area contributed by atoms with Crippen LogP contribution in [0, 0.1) is 11.8 Å². The van der Waals surface area contributed by atoms with Crippen molar-refractivity contribution in [1.29, 1.82) is 0 Å². The Hall–Kier alpha value is -2.49. The summed E-state index contributed by atoms with van der Waals surface area (Å²) in [6, 6.07) is 11.4. The monoisotopic (exact) mass is 277 g/mol. The summed E-state index contributed by atoms with van der Waals surface area (Å²) < 4.78 is 0. The van der Waals surface area contributed by atoms with Gasteiger partial charge in [0.05, 0.1) is 5.52 Å². The number of carbonyl (C=O) groups excluding carboxylic acids is 1. The number of rotatable bonds is 2. The molecule has 1 amide bonds. The van der Waals surface area contributed by atoms with Crippen LogP contribution >= 0.6 is 0 Å². The number of para-hydroxylation sites is 1. The number of pyridine rings is 1. The van der Waals surface area contributed by atoms with Crippen LogP contribution in [0.25, 0.3) is 10.9 Å². The third kappa shape index (κ3) is 2.13. The smallest absolute Gasteiger partial charge is 0.266 e. The average Bonchev–Trinajstić information content (AvgIpc) is 2.88. The summed E-state index contributed by atoms with van der Waals surface area (Å²) >= 11 is 0. The number of fused-ring (bicyclic) bond motifs is 2. The lowest BCUT2D eigenvalue weighted by atomic mass is 9.74. The SMILES string of the molecule is O=C(N/N=C1\C[C@@H]2C=CC[C@@H]12)c1ccc2ccccc2n1. The first-order chi connectivity index (χ1) is 10.3. The van der Waals surface area contributed by atoms with Gasteiger partial charge in [-0.15, -0.1) is 0 Å². The van der Waals surface area contributed by atoms with Crippen LogP contribution in [-0.2, 0) is 0 Å². The summed E-state index contributed by atoms with van der Waals surface area (Å²) in [6.45, 7) is 0. The van der Waals surface area contributed by atoms with Crippen LogP contribution in [0.2, 0.25) is 0 Å². The van der Waals surface area contributed by atoms with Gasteiger partial charge >= 0.3 is 0 Å². The van der Waals surface area contributed by atoms with Crippen molar-refractivity contribution < 1.29 is 4.79 Å². The molecule has 0 unspecified atom stereocenters. The number of nitrogens with one attached hydrogen (secondary N) is 1. The Morgan fingerprint density at radius 2 is 2.14 bits per heavy atom. The minimum absolute atomic E-state index is 0.248. The van der Waals surface area contributed by atoms with Crippen molar-refractivity contribution in [3.63, 3.8) is 0 Å². The first-order valence-electron chi connectivity index (χ1n) is 7.20. The summed E-state index contributed by atoms with van der Waals surface area (Å²) in [7, 11) is 0. The fourth-order valence-corrected chi connectivity index (χ4v) is 3.04. The Morgan fingerprint density at radius 1 is 1.24 bits per heavy atom. The second-order valence-electron chi connectivity index (χ2n) is 5.57. The van der Waals surface area contributed by atoms with Crippen LogP contribution < -0.4 is 5.43 Å². The molecule has 0 radical (unpaired) electrons. The predicted octanol–water partition coefficient (Wildman–Crippen LogP) is 2.92. The summed E-state index contributed by atoms with van der Waals surface area (Å²) in [4.78, 5) is 16.5. The van der Waals surface area contributed by atoms with Gasteiger partial charge in [-0.2, -0.15) is 5.10 Å². The molecular weight excluding hydrogens is 262 g/mol. The highest BCUT2D eigenvalue weighted by molar-refractivity contribution is 5.98. The molecule has 1 heterocycles. The van der Waals surface area contributed by atoms with Crippen molar-refractivity contribution in [2.45, 2.75) is 12.8 Å². The highest BCUT2D eigenvalue weighted by Gasteiger charge is 2.38. The van der Waals surface area contributed by atoms with Crippen molar-refractivity contribution in [2.24, 2.45) is 16.9 Å². The second-order valence-corrected chi connectivity index (χ2v) is 5.57. The van der Waals surface area contributed by atoms with Gasteiger partial charge in [0.1, 0.15) is 5.69 Å². The number of aromatic nitrogens is 1. The number of allylic oxidation sites excluding steroid dienone is 2. The molecule has 1 saturated carbocycles. The molecule has 0 saturated heterocycles. The van der Waals surface area contributed by atoms with E-state index in [1.165, 1.54) is 0 Å². The van der Waals surface area contributed by atoms with Crippen LogP contribution in [0.4, 0.5) is 0 Å².